The number of carbonyl (C=O) groups excluding carboxylic acids is 1. The molecule has 7 nitrogen and oxygen atoms in total. The van der Waals surface area contributed by atoms with E-state index in [1.54, 1.807) is 24.3 Å². The summed E-state index contributed by atoms with van der Waals surface area (Å²) in [5.74, 6) is 2.14. The van der Waals surface area contributed by atoms with E-state index in [1.165, 1.54) is 40.2 Å². The SMILES string of the molecule is C.Cc1cc(-c2ccc(C=O)cc2)nc(-n2c(C)ccc2C)c1.Cc1cc(-c2ccc(CCCCc3cccc(F)c3)cc2)nc(-n2c(C)ccc2C)c1.Cc1cc(N)nc(-c2ccc(CCCCc3cccc(F)c3)cc2)c1.PPP(P)P(P(P(P)P)P(P)P)P(P(P(P)P)P(P)P)P(P(P)P)P(P)P.[I][V][I]. The number of nitrogen functional groups attached to an aromatic ring is 1. The molecular formula is C70H103F2I2N6OP27V. The van der Waals surface area contributed by atoms with Crippen LogP contribution in [0.5, 0.6) is 0 Å². The van der Waals surface area contributed by atoms with Crippen molar-refractivity contribution >= 4 is 269 Å². The second-order valence-electron chi connectivity index (χ2n) is 24.6. The Hall–Kier alpha value is 5.09. The fourth-order valence-electron chi connectivity index (χ4n) is 11.3. The van der Waals surface area contributed by atoms with Crippen molar-refractivity contribution < 1.29 is 23.0 Å². The van der Waals surface area contributed by atoms with Crippen LogP contribution in [0.3, 0.4) is 0 Å². The van der Waals surface area contributed by atoms with Gasteiger partial charge in [-0.2, -0.15) is 0 Å². The number of rotatable bonds is 28. The van der Waals surface area contributed by atoms with Crippen LogP contribution in [-0.4, -0.2) is 30.4 Å². The van der Waals surface area contributed by atoms with Crippen molar-refractivity contribution in [2.75, 3.05) is 5.73 Å². The Kier molecular flexibility index (Phi) is 53.2. The van der Waals surface area contributed by atoms with Gasteiger partial charge in [-0.05, 0) is 308 Å². The number of aromatic nitrogens is 5. The molecule has 17 atom stereocenters. The van der Waals surface area contributed by atoms with Gasteiger partial charge in [-0.3, -0.25) is 4.79 Å². The summed E-state index contributed by atoms with van der Waals surface area (Å²) in [5.41, 5.74) is 25.5. The molecular weight excluding hydrogens is 2120 g/mol. The van der Waals surface area contributed by atoms with Crippen LogP contribution >= 0.6 is 257 Å². The van der Waals surface area contributed by atoms with Gasteiger partial charge in [-0.25, -0.2) is 23.7 Å². The molecule has 0 bridgehead atoms. The summed E-state index contributed by atoms with van der Waals surface area (Å²) in [6.45, 7) is 15.0. The zero-order valence-electron chi connectivity index (χ0n) is 61.2. The Morgan fingerprint density at radius 3 is 1.02 bits per heavy atom. The summed E-state index contributed by atoms with van der Waals surface area (Å²) in [6, 6.07) is 59.3. The van der Waals surface area contributed by atoms with Gasteiger partial charge in [-0.15, -0.1) is 125 Å². The number of hydrogen-bond acceptors (Lipinski definition) is 5. The molecule has 5 aromatic heterocycles. The van der Waals surface area contributed by atoms with Gasteiger partial charge in [0.05, 0.1) is 17.1 Å². The number of hydrogen-bond donors (Lipinski definition) is 1. The van der Waals surface area contributed by atoms with Crippen LogP contribution in [0, 0.1) is 60.1 Å². The van der Waals surface area contributed by atoms with Gasteiger partial charge in [-0.1, -0.05) is 112 Å². The Bertz CT molecular complexity index is 4310. The zero-order valence-corrected chi connectivity index (χ0v) is 94.8. The normalized spacial score (nSPS) is 12.0. The Labute approximate surface area is 727 Å². The molecule has 2 N–H and O–H groups in total. The number of aldehydes is 1. The van der Waals surface area contributed by atoms with Crippen molar-refractivity contribution in [1.82, 2.24) is 24.1 Å². The standard InChI is InChI=1S/C28H29FN2.C22H23FN2.C19H18N2O.CH4.2HI.H29P27.V/c1-20-17-27(30-28(18-20)31-21(2)11-12-22(31)3)25-15-13-23(14-16-25)7-4-5-8-24-9-6-10-26(29)19-24;1-16-13-21(25-22(24)14-16)19-11-9-17(10-12-19)5-2-3-6-18-7-4-8-20(23)15-18;1-13-10-18(17-8-6-16(12-22)7-9-17)20-19(11-13)21-14(2)4-5-15(21)3;;;;1-15-22(14)26(23(16(2)3)17(4)5)27(24(18(6)7)19(8)9)25(20(10)11)21(12)13;/h6,9-19H,4-5,7-8H2,1-3H3;4,7-15H,2-3,5-6H2,1H3,(H2,24,25);4-12H,1-3H3;1H4;2*1H;15H,1-14H2;/q;;;;;;;+2/p-2. The third-order valence-corrected chi connectivity index (χ3v) is 192. The van der Waals surface area contributed by atoms with Crippen molar-refractivity contribution in [3.05, 3.63) is 261 Å². The minimum atomic E-state index is -0.154. The van der Waals surface area contributed by atoms with Crippen LogP contribution in [0.25, 0.3) is 45.4 Å². The Balaban J connectivity index is 0.000000258. The van der Waals surface area contributed by atoms with Crippen LogP contribution in [-0.2, 0) is 35.1 Å². The van der Waals surface area contributed by atoms with Gasteiger partial charge in [0.15, 0.2) is 0 Å². The van der Waals surface area contributed by atoms with Crippen molar-refractivity contribution in [1.29, 1.82) is 0 Å². The second kappa shape index (κ2) is 55.4. The number of anilines is 1. The van der Waals surface area contributed by atoms with Crippen LogP contribution in [0.4, 0.5) is 14.6 Å². The van der Waals surface area contributed by atoms with E-state index in [9.17, 15) is 13.6 Å². The first-order chi connectivity index (χ1) is 51.4. The van der Waals surface area contributed by atoms with Crippen molar-refractivity contribution in [3.8, 4) is 45.4 Å². The van der Waals surface area contributed by atoms with Crippen molar-refractivity contribution in [2.24, 2.45) is 0 Å². The van der Waals surface area contributed by atoms with E-state index in [2.05, 4.69) is 318 Å². The molecule has 5 aromatic carbocycles. The predicted octanol–water partition coefficient (Wildman–Crippen LogP) is 34.7. The zero-order chi connectivity index (χ0) is 79.5. The minimum absolute atomic E-state index is 0. The van der Waals surface area contributed by atoms with Gasteiger partial charge in [0.1, 0.15) is 35.4 Å². The van der Waals surface area contributed by atoms with Gasteiger partial charge in [0.25, 0.3) is 0 Å². The Morgan fingerprint density at radius 1 is 0.413 bits per heavy atom. The number of halogens is 4. The number of nitrogens with two attached hydrogens (primary N) is 1. The molecule has 39 heteroatoms. The molecule has 0 fully saturated rings. The predicted molar refractivity (Wildman–Crippen MR) is 579 cm³/mol. The molecule has 0 saturated carbocycles. The summed E-state index contributed by atoms with van der Waals surface area (Å²) in [6.07, 6.45) is 9.05. The number of benzene rings is 5. The quantitative estimate of drug-likeness (QED) is 0.0228. The third-order valence-electron chi connectivity index (χ3n) is 16.1. The molecule has 0 amide bonds. The molecule has 587 valence electrons. The molecule has 0 spiro atoms. The number of unbranched alkanes of at least 4 members (excludes halogenated alkanes) is 2. The molecule has 0 saturated heterocycles. The molecule has 5 heterocycles. The molecule has 17 unspecified atom stereocenters. The summed E-state index contributed by atoms with van der Waals surface area (Å²) in [5, 5.41) is 0. The van der Waals surface area contributed by atoms with E-state index in [-0.39, 0.29) is 103 Å². The molecule has 0 aliphatic carbocycles. The topological polar surface area (TPSA) is 91.6 Å². The number of nitrogens with zero attached hydrogens (tertiary/aromatic N) is 5. The average molecular weight is 2220 g/mol. The number of carbonyl (C=O) groups is 1. The van der Waals surface area contributed by atoms with E-state index in [4.69, 9.17) is 15.7 Å². The van der Waals surface area contributed by atoms with Gasteiger partial charge < -0.3 is 14.9 Å². The fraction of sp³-hybridized carbons (Fsp3) is 0.229. The first-order valence-electron chi connectivity index (χ1n) is 33.3. The first kappa shape index (κ1) is 105. The average Bonchev–Trinajstić information content (AvgIpc) is 1.66. The van der Waals surface area contributed by atoms with E-state index >= 15 is 0 Å². The van der Waals surface area contributed by atoms with Gasteiger partial charge in [0.2, 0.25) is 0 Å². The molecule has 10 rings (SSSR count). The summed E-state index contributed by atoms with van der Waals surface area (Å²) in [4.78, 5) is 24.9. The summed E-state index contributed by atoms with van der Waals surface area (Å²) < 4.78 is 30.8. The van der Waals surface area contributed by atoms with Crippen LogP contribution in [0.1, 0.15) is 105 Å². The van der Waals surface area contributed by atoms with Crippen molar-refractivity contribution in [2.45, 2.75) is 107 Å². The molecule has 0 radical (unpaired) electrons. The summed E-state index contributed by atoms with van der Waals surface area (Å²) >= 11 is 4.74. The maximum atomic E-state index is 13.3. The monoisotopic (exact) mass is 2220 g/mol. The molecule has 10 aromatic rings. The van der Waals surface area contributed by atoms with Gasteiger partial charge in [0, 0.05) is 45.0 Å². The van der Waals surface area contributed by atoms with Crippen molar-refractivity contribution in [3.63, 3.8) is 0 Å². The van der Waals surface area contributed by atoms with Crippen LogP contribution in [0.2, 0.25) is 0 Å². The maximum absolute atomic E-state index is 13.3. The van der Waals surface area contributed by atoms with E-state index in [0.717, 1.165) is 145 Å². The molecule has 109 heavy (non-hydrogen) atoms. The van der Waals surface area contributed by atoms with Crippen LogP contribution in [0.15, 0.2) is 182 Å². The first-order valence-corrected chi connectivity index (χ1v) is 90.9. The Morgan fingerprint density at radius 2 is 0.716 bits per heavy atom. The number of pyridine rings is 3. The van der Waals surface area contributed by atoms with E-state index < -0.39 is 0 Å². The molecule has 0 aliphatic rings. The van der Waals surface area contributed by atoms with Crippen LogP contribution < -0.4 is 5.73 Å². The number of aryl methyl sites for hydroxylation is 11. The summed E-state index contributed by atoms with van der Waals surface area (Å²) in [7, 11) is 47.2. The van der Waals surface area contributed by atoms with E-state index in [1.807, 2.05) is 55.5 Å². The molecule has 0 aliphatic heterocycles. The fourth-order valence-corrected chi connectivity index (χ4v) is 355. The van der Waals surface area contributed by atoms with E-state index in [0.29, 0.717) is 20.8 Å². The van der Waals surface area contributed by atoms with Gasteiger partial charge >= 0.3 is 49.4 Å². The second-order valence-corrected chi connectivity index (χ2v) is 143. The third kappa shape index (κ3) is 35.2.